The summed E-state index contributed by atoms with van der Waals surface area (Å²) in [6.07, 6.45) is 0. The summed E-state index contributed by atoms with van der Waals surface area (Å²) < 4.78 is 0. The largest absolute Gasteiger partial charge is 0.335 e. The molecule has 1 N–H and O–H groups in total. The van der Waals surface area contributed by atoms with Crippen molar-refractivity contribution in [2.24, 2.45) is 5.41 Å². The smallest absolute Gasteiger partial charge is 0.239 e. The van der Waals surface area contributed by atoms with Crippen LogP contribution in [-0.2, 0) is 16.1 Å². The molecule has 4 nitrogen and oxygen atoms in total. The van der Waals surface area contributed by atoms with E-state index in [2.05, 4.69) is 19.2 Å². The van der Waals surface area contributed by atoms with Gasteiger partial charge in [0.25, 0.3) is 0 Å². The van der Waals surface area contributed by atoms with E-state index in [1.807, 2.05) is 68.4 Å². The number of anilines is 1. The Morgan fingerprint density at radius 2 is 1.50 bits per heavy atom. The second kappa shape index (κ2) is 9.05. The lowest BCUT2D eigenvalue weighted by Gasteiger charge is -2.34. The van der Waals surface area contributed by atoms with Crippen LogP contribution in [0.25, 0.3) is 0 Å². The molecule has 2 aromatic carbocycles. The lowest BCUT2D eigenvalue weighted by Crippen LogP contribution is -2.49. The zero-order valence-corrected chi connectivity index (χ0v) is 17.8. The maximum atomic E-state index is 13.3. The van der Waals surface area contributed by atoms with E-state index in [9.17, 15) is 9.59 Å². The van der Waals surface area contributed by atoms with Crippen LogP contribution in [0, 0.1) is 5.41 Å². The Kier molecular flexibility index (Phi) is 7.00. The van der Waals surface area contributed by atoms with Gasteiger partial charge in [-0.3, -0.25) is 9.59 Å². The van der Waals surface area contributed by atoms with Gasteiger partial charge >= 0.3 is 0 Å². The van der Waals surface area contributed by atoms with Gasteiger partial charge in [-0.15, -0.1) is 0 Å². The molecule has 0 unspecified atom stereocenters. The predicted molar refractivity (Wildman–Crippen MR) is 115 cm³/mol. The van der Waals surface area contributed by atoms with E-state index in [1.165, 1.54) is 5.56 Å². The molecular weight excluding hydrogens is 348 g/mol. The van der Waals surface area contributed by atoms with Crippen molar-refractivity contribution in [1.29, 1.82) is 0 Å². The van der Waals surface area contributed by atoms with Crippen LogP contribution in [0.1, 0.15) is 58.6 Å². The molecule has 0 atom stereocenters. The van der Waals surface area contributed by atoms with Crippen LogP contribution in [-0.4, -0.2) is 22.8 Å². The predicted octanol–water partition coefficient (Wildman–Crippen LogP) is 5.21. The van der Waals surface area contributed by atoms with Gasteiger partial charge in [0.1, 0.15) is 5.41 Å². The summed E-state index contributed by atoms with van der Waals surface area (Å²) >= 11 is 0. The molecule has 4 heteroatoms. The third-order valence-corrected chi connectivity index (χ3v) is 5.02. The number of hydrogen-bond donors (Lipinski definition) is 1. The molecule has 0 aromatic heterocycles. The lowest BCUT2D eigenvalue weighted by molar-refractivity contribution is -0.148. The monoisotopic (exact) mass is 380 g/mol. The molecule has 0 saturated carbocycles. The summed E-state index contributed by atoms with van der Waals surface area (Å²) in [4.78, 5) is 27.9. The number of carbonyl (C=O) groups is 2. The number of carbonyl (C=O) groups excluding carboxylic acids is 2. The second-order valence-corrected chi connectivity index (χ2v) is 8.37. The van der Waals surface area contributed by atoms with Gasteiger partial charge in [0.2, 0.25) is 11.8 Å². The molecular formula is C24H32N2O2. The van der Waals surface area contributed by atoms with Gasteiger partial charge in [0.05, 0.1) is 0 Å². The Bertz CT molecular complexity index is 793. The highest BCUT2D eigenvalue weighted by atomic mass is 16.2. The fraction of sp³-hybridized carbons (Fsp3) is 0.417. The Morgan fingerprint density at radius 3 is 2.00 bits per heavy atom. The molecule has 2 rings (SSSR count). The molecule has 2 aromatic rings. The average Bonchev–Trinajstić information content (AvgIpc) is 2.66. The first-order valence-corrected chi connectivity index (χ1v) is 9.89. The number of benzene rings is 2. The third-order valence-electron chi connectivity index (χ3n) is 5.02. The molecule has 0 heterocycles. The normalized spacial score (nSPS) is 11.6. The quantitative estimate of drug-likeness (QED) is 0.670. The summed E-state index contributed by atoms with van der Waals surface area (Å²) in [7, 11) is 0. The average molecular weight is 381 g/mol. The minimum Gasteiger partial charge on any atom is -0.335 e. The van der Waals surface area contributed by atoms with Crippen molar-refractivity contribution in [3.05, 3.63) is 65.7 Å². The van der Waals surface area contributed by atoms with Crippen molar-refractivity contribution in [3.8, 4) is 0 Å². The molecule has 28 heavy (non-hydrogen) atoms. The molecule has 0 aliphatic rings. The van der Waals surface area contributed by atoms with Crippen LogP contribution in [0.4, 0.5) is 5.69 Å². The Hall–Kier alpha value is -2.62. The fourth-order valence-electron chi connectivity index (χ4n) is 2.96. The fourth-order valence-corrected chi connectivity index (χ4v) is 2.96. The van der Waals surface area contributed by atoms with Gasteiger partial charge in [-0.2, -0.15) is 0 Å². The maximum Gasteiger partial charge on any atom is 0.239 e. The minimum atomic E-state index is -1.17. The van der Waals surface area contributed by atoms with E-state index in [4.69, 9.17) is 0 Å². The highest BCUT2D eigenvalue weighted by Gasteiger charge is 2.40. The first kappa shape index (κ1) is 21.7. The second-order valence-electron chi connectivity index (χ2n) is 8.37. The molecule has 2 amide bonds. The van der Waals surface area contributed by atoms with E-state index in [0.29, 0.717) is 18.2 Å². The Labute approximate surface area is 169 Å². The van der Waals surface area contributed by atoms with Crippen molar-refractivity contribution in [2.75, 3.05) is 5.32 Å². The molecule has 150 valence electrons. The highest BCUT2D eigenvalue weighted by molar-refractivity contribution is 6.09. The molecule has 0 bridgehead atoms. The van der Waals surface area contributed by atoms with Crippen LogP contribution in [0.15, 0.2) is 54.6 Å². The molecule has 0 saturated heterocycles. The number of hydrogen-bond acceptors (Lipinski definition) is 2. The first-order valence-electron chi connectivity index (χ1n) is 9.89. The summed E-state index contributed by atoms with van der Waals surface area (Å²) in [5.74, 6) is -0.0449. The van der Waals surface area contributed by atoms with Crippen molar-refractivity contribution in [1.82, 2.24) is 4.90 Å². The van der Waals surface area contributed by atoms with Gasteiger partial charge < -0.3 is 10.2 Å². The van der Waals surface area contributed by atoms with E-state index < -0.39 is 5.41 Å². The van der Waals surface area contributed by atoms with Crippen LogP contribution < -0.4 is 5.32 Å². The van der Waals surface area contributed by atoms with Crippen molar-refractivity contribution < 1.29 is 9.59 Å². The van der Waals surface area contributed by atoms with Crippen molar-refractivity contribution in [2.45, 2.75) is 60.0 Å². The van der Waals surface area contributed by atoms with Gasteiger partial charge in [0.15, 0.2) is 0 Å². The number of rotatable bonds is 7. The van der Waals surface area contributed by atoms with Crippen LogP contribution >= 0.6 is 0 Å². The summed E-state index contributed by atoms with van der Waals surface area (Å²) in [5.41, 5.74) is 1.79. The summed E-state index contributed by atoms with van der Waals surface area (Å²) in [6.45, 7) is 12.1. The number of nitrogens with zero attached hydrogens (tertiary/aromatic N) is 1. The Morgan fingerprint density at radius 1 is 0.929 bits per heavy atom. The SMILES string of the molecule is CC(C)c1ccc(NC(=O)C(C)(C)C(=O)N(Cc2ccccc2)C(C)C)cc1. The zero-order chi connectivity index (χ0) is 20.9. The van der Waals surface area contributed by atoms with E-state index in [1.54, 1.807) is 18.7 Å². The van der Waals surface area contributed by atoms with Crippen LogP contribution in [0.3, 0.4) is 0 Å². The van der Waals surface area contributed by atoms with Crippen LogP contribution in [0.5, 0.6) is 0 Å². The standard InChI is InChI=1S/C24H32N2O2/c1-17(2)20-12-14-21(15-13-20)25-22(27)24(5,6)23(28)26(18(3)4)16-19-10-8-7-9-11-19/h7-15,17-18H,16H2,1-6H3,(H,25,27). The van der Waals surface area contributed by atoms with E-state index >= 15 is 0 Å². The molecule has 0 aliphatic carbocycles. The van der Waals surface area contributed by atoms with Crippen molar-refractivity contribution >= 4 is 17.5 Å². The van der Waals surface area contributed by atoms with Gasteiger partial charge in [-0.25, -0.2) is 0 Å². The summed E-state index contributed by atoms with van der Waals surface area (Å²) in [5, 5.41) is 2.90. The van der Waals surface area contributed by atoms with Crippen LogP contribution in [0.2, 0.25) is 0 Å². The third kappa shape index (κ3) is 5.22. The topological polar surface area (TPSA) is 49.4 Å². The molecule has 0 aliphatic heterocycles. The maximum absolute atomic E-state index is 13.3. The number of nitrogens with one attached hydrogen (secondary N) is 1. The van der Waals surface area contributed by atoms with Gasteiger partial charge in [0, 0.05) is 18.3 Å². The highest BCUT2D eigenvalue weighted by Crippen LogP contribution is 2.25. The zero-order valence-electron chi connectivity index (χ0n) is 17.8. The lowest BCUT2D eigenvalue weighted by atomic mass is 9.89. The molecule has 0 fully saturated rings. The van der Waals surface area contributed by atoms with Gasteiger partial charge in [-0.1, -0.05) is 56.3 Å². The number of amides is 2. The minimum absolute atomic E-state index is 0.00916. The molecule has 0 radical (unpaired) electrons. The summed E-state index contributed by atoms with van der Waals surface area (Å²) in [6, 6.07) is 17.6. The Balaban J connectivity index is 2.15. The molecule has 0 spiro atoms. The van der Waals surface area contributed by atoms with Crippen molar-refractivity contribution in [3.63, 3.8) is 0 Å². The van der Waals surface area contributed by atoms with Gasteiger partial charge in [-0.05, 0) is 56.9 Å². The van der Waals surface area contributed by atoms with E-state index in [-0.39, 0.29) is 17.9 Å². The first-order chi connectivity index (χ1) is 13.1. The van der Waals surface area contributed by atoms with E-state index in [0.717, 1.165) is 5.56 Å².